The molecule has 3 aromatic heterocycles. The fourth-order valence-electron chi connectivity index (χ4n) is 12.5. The molecule has 0 fully saturated rings. The largest absolute Gasteiger partial charge is 0.481 e. The van der Waals surface area contributed by atoms with Crippen LogP contribution in [0.4, 0.5) is 5.69 Å². The highest BCUT2D eigenvalue weighted by molar-refractivity contribution is 7.78. The van der Waals surface area contributed by atoms with Crippen molar-refractivity contribution in [1.29, 1.82) is 0 Å². The number of thiocarbonyl (C=S) groups is 1. The van der Waals surface area contributed by atoms with Crippen molar-refractivity contribution in [2.24, 2.45) is 4.99 Å². The van der Waals surface area contributed by atoms with E-state index in [1.165, 1.54) is 23.1 Å². The first kappa shape index (κ1) is 66.9. The number of nitrogens with zero attached hydrogens (tertiary/aromatic N) is 6. The van der Waals surface area contributed by atoms with Crippen molar-refractivity contribution in [3.8, 4) is 69.4 Å². The van der Waals surface area contributed by atoms with Gasteiger partial charge in [0, 0.05) is 77.0 Å². The Labute approximate surface area is 555 Å². The van der Waals surface area contributed by atoms with Crippen LogP contribution < -0.4 is 9.47 Å². The number of hydrogen-bond acceptors (Lipinski definition) is 17. The minimum absolute atomic E-state index is 0.0632. The minimum atomic E-state index is -1.35. The Morgan fingerprint density at radius 3 is 1.53 bits per heavy atom. The van der Waals surface area contributed by atoms with Crippen LogP contribution in [0.15, 0.2) is 145 Å². The second kappa shape index (κ2) is 29.8. The highest BCUT2D eigenvalue weighted by Crippen LogP contribution is 2.54. The zero-order chi connectivity index (χ0) is 68.1. The van der Waals surface area contributed by atoms with E-state index in [9.17, 15) is 59.1 Å². The van der Waals surface area contributed by atoms with Crippen LogP contribution in [-0.4, -0.2) is 118 Å². The summed E-state index contributed by atoms with van der Waals surface area (Å²) in [5.74, 6) is 12.8. The van der Waals surface area contributed by atoms with E-state index in [0.717, 1.165) is 44.5 Å². The molecule has 2 atom stereocenters. The number of pyridine rings is 3. The maximum absolute atomic E-state index is 12.7. The normalized spacial score (nSPS) is 14.3. The van der Waals surface area contributed by atoms with Crippen molar-refractivity contribution in [1.82, 2.24) is 24.8 Å². The van der Waals surface area contributed by atoms with Gasteiger partial charge in [-0.2, -0.15) is 4.99 Å². The molecule has 0 spiro atoms. The van der Waals surface area contributed by atoms with E-state index in [0.29, 0.717) is 46.5 Å². The number of rotatable bonds is 26. The Morgan fingerprint density at radius 2 is 1.02 bits per heavy atom. The van der Waals surface area contributed by atoms with Gasteiger partial charge in [-0.15, -0.1) is 0 Å². The van der Waals surface area contributed by atoms with Gasteiger partial charge in [0.05, 0.1) is 58.6 Å². The Balaban J connectivity index is 0.986. The highest BCUT2D eigenvalue weighted by Gasteiger charge is 2.45. The number of carbonyl (C=O) groups excluding carboxylic acids is 2. The maximum Gasteiger partial charge on any atom is 0.354 e. The summed E-state index contributed by atoms with van der Waals surface area (Å²) in [4.78, 5) is 106. The SMILES string of the molecule is CCC1(CC(=O)O)c2ccccc2-c2ccc(C#Cc3cc(CN(CC(=O)O)Cc4cc(C#Cc5ccc(N=C=S)cc5OCC(=O)O)cc(CN(COC=O)Cc5cc(C#Cc6ccc7c(c6)C(CC)(CC(=O)O)c6ccccc6-7)cc(C(=O)O)n5)n4)nc(OC=O)c3)cc21. The van der Waals surface area contributed by atoms with Crippen molar-refractivity contribution >= 4 is 65.9 Å². The summed E-state index contributed by atoms with van der Waals surface area (Å²) >= 11 is 4.78. The van der Waals surface area contributed by atoms with Crippen LogP contribution in [-0.2, 0) is 70.5 Å². The van der Waals surface area contributed by atoms with Crippen molar-refractivity contribution in [2.75, 3.05) is 19.9 Å². The average Bonchev–Trinajstić information content (AvgIpc) is 1.55. The van der Waals surface area contributed by atoms with Crippen LogP contribution in [0.25, 0.3) is 22.3 Å². The average molecular weight is 1300 g/mol. The van der Waals surface area contributed by atoms with E-state index in [-0.39, 0.29) is 104 Å². The monoisotopic (exact) mass is 1300 g/mol. The third kappa shape index (κ3) is 15.4. The second-order valence-electron chi connectivity index (χ2n) is 22.6. The van der Waals surface area contributed by atoms with E-state index >= 15 is 0 Å². The number of aromatic carboxylic acids is 1. The number of ether oxygens (including phenoxy) is 3. The Kier molecular flexibility index (Phi) is 20.8. The third-order valence-corrected chi connectivity index (χ3v) is 16.6. The molecule has 0 saturated carbocycles. The van der Waals surface area contributed by atoms with Gasteiger partial charge in [-0.05, 0) is 136 Å². The molecule has 10 rings (SSSR count). The Hall–Kier alpha value is -12.0. The predicted molar refractivity (Wildman–Crippen MR) is 352 cm³/mol. The van der Waals surface area contributed by atoms with E-state index < -0.39 is 53.8 Å². The van der Waals surface area contributed by atoms with Gasteiger partial charge in [-0.3, -0.25) is 38.8 Å². The number of carbonyl (C=O) groups is 7. The first-order chi connectivity index (χ1) is 46.3. The van der Waals surface area contributed by atoms with Crippen molar-refractivity contribution in [2.45, 2.75) is 76.5 Å². The van der Waals surface area contributed by atoms with Gasteiger partial charge in [-0.25, -0.2) is 19.6 Å². The summed E-state index contributed by atoms with van der Waals surface area (Å²) in [6, 6.07) is 40.4. The number of isothiocyanates is 1. The molecular weight excluding hydrogens is 1240 g/mol. The molecule has 480 valence electrons. The van der Waals surface area contributed by atoms with Gasteiger partial charge in [0.2, 0.25) is 5.88 Å². The van der Waals surface area contributed by atoms with Gasteiger partial charge < -0.3 is 39.7 Å². The zero-order valence-electron chi connectivity index (χ0n) is 51.6. The maximum atomic E-state index is 12.7. The summed E-state index contributed by atoms with van der Waals surface area (Å²) in [7, 11) is 0. The van der Waals surface area contributed by atoms with Gasteiger partial charge in [-0.1, -0.05) is 110 Å². The number of benzene rings is 5. The summed E-state index contributed by atoms with van der Waals surface area (Å²) < 4.78 is 16.1. The number of aliphatic carboxylic acids is 4. The predicted octanol–water partition coefficient (Wildman–Crippen LogP) is 10.0. The van der Waals surface area contributed by atoms with Gasteiger partial charge in [0.25, 0.3) is 12.9 Å². The highest BCUT2D eigenvalue weighted by atomic mass is 32.1. The van der Waals surface area contributed by atoms with Gasteiger partial charge in [0.1, 0.15) is 18.2 Å². The van der Waals surface area contributed by atoms with Crippen LogP contribution in [0.3, 0.4) is 0 Å². The second-order valence-corrected chi connectivity index (χ2v) is 22.8. The topological polar surface area (TPSA) is 306 Å². The van der Waals surface area contributed by atoms with Gasteiger partial charge >= 0.3 is 29.8 Å². The lowest BCUT2D eigenvalue weighted by Crippen LogP contribution is -2.30. The standard InChI is InChI=1S/C74H58N6O15S/c1-3-73(34-68(83)84)61-11-7-5-9-57(61)59-23-18-46(29-63(59)73)13-15-49-27-55(77-65(31-49)72(91)92)39-80(43-93-44-81)38-54-26-48(17-20-51-21-22-52(75-42-96)33-66(51)94-41-71(89)90)25-53(76-54)36-79(40-70(87)88)37-56-28-50(32-67(78-56)95-45-82)16-14-47-19-24-60-58-10-6-8-12-62(58)74(4-2,35-69(85)86)64(60)30-47/h5-12,18-19,21-33,44-45H,3-4,34-41,43H2,1-2H3,(H,83,84)(H,85,86)(H,87,88)(H,89,90)(H,91,92). The molecule has 2 unspecified atom stereocenters. The molecule has 0 aliphatic heterocycles. The van der Waals surface area contributed by atoms with Crippen LogP contribution in [0, 0.1) is 35.5 Å². The van der Waals surface area contributed by atoms with E-state index in [1.807, 2.05) is 98.8 Å². The molecule has 5 aromatic carbocycles. The van der Waals surface area contributed by atoms with Crippen LogP contribution >= 0.6 is 12.2 Å². The summed E-state index contributed by atoms with van der Waals surface area (Å²) in [6.07, 6.45) is 0.745. The lowest BCUT2D eigenvalue weighted by atomic mass is 9.73. The number of hydrogen-bond donors (Lipinski definition) is 5. The van der Waals surface area contributed by atoms with E-state index in [4.69, 9.17) is 31.4 Å². The number of fused-ring (bicyclic) bond motifs is 6. The van der Waals surface area contributed by atoms with Crippen LogP contribution in [0.2, 0.25) is 0 Å². The quantitative estimate of drug-likeness (QED) is 0.0111. The molecule has 96 heavy (non-hydrogen) atoms. The van der Waals surface area contributed by atoms with Crippen molar-refractivity contribution in [3.63, 3.8) is 0 Å². The summed E-state index contributed by atoms with van der Waals surface area (Å²) in [5, 5.41) is 52.6. The first-order valence-corrected chi connectivity index (χ1v) is 30.4. The number of carboxylic acids is 5. The Bertz CT molecular complexity index is 4720. The number of carboxylic acid groups (broad SMARTS) is 5. The van der Waals surface area contributed by atoms with E-state index in [2.05, 4.69) is 55.6 Å². The lowest BCUT2D eigenvalue weighted by Gasteiger charge is -2.29. The fourth-order valence-corrected chi connectivity index (χ4v) is 12.6. The Morgan fingerprint density at radius 1 is 0.521 bits per heavy atom. The number of aromatic nitrogens is 3. The molecule has 0 radical (unpaired) electrons. The zero-order valence-corrected chi connectivity index (χ0v) is 52.4. The molecular formula is C74H58N6O15S. The molecule has 8 aromatic rings. The minimum Gasteiger partial charge on any atom is -0.481 e. The van der Waals surface area contributed by atoms with Crippen LogP contribution in [0.5, 0.6) is 11.6 Å². The van der Waals surface area contributed by atoms with E-state index in [1.54, 1.807) is 41.3 Å². The molecule has 3 heterocycles. The molecule has 2 aliphatic rings. The molecule has 22 heteroatoms. The summed E-state index contributed by atoms with van der Waals surface area (Å²) in [5.41, 5.74) is 8.87. The van der Waals surface area contributed by atoms with Crippen molar-refractivity contribution < 1.29 is 73.3 Å². The lowest BCUT2D eigenvalue weighted by molar-refractivity contribution is -0.140. The fraction of sp³-hybridized carbons (Fsp3) is 0.203. The molecule has 0 saturated heterocycles. The molecule has 5 N–H and O–H groups in total. The smallest absolute Gasteiger partial charge is 0.354 e. The number of aliphatic imine (C=N–C) groups is 1. The van der Waals surface area contributed by atoms with Crippen LogP contribution in [0.1, 0.15) is 128 Å². The molecule has 21 nitrogen and oxygen atoms in total. The molecule has 2 aliphatic carbocycles. The third-order valence-electron chi connectivity index (χ3n) is 16.5. The molecule has 0 bridgehead atoms. The first-order valence-electron chi connectivity index (χ1n) is 29.9. The van der Waals surface area contributed by atoms with Gasteiger partial charge in [0.15, 0.2) is 6.61 Å². The summed E-state index contributed by atoms with van der Waals surface area (Å²) in [6.45, 7) is 2.07. The molecule has 0 amide bonds. The van der Waals surface area contributed by atoms with Crippen molar-refractivity contribution in [3.05, 3.63) is 224 Å².